The van der Waals surface area contributed by atoms with Gasteiger partial charge in [0.05, 0.1) is 0 Å². The molecule has 4 nitrogen and oxygen atoms in total. The van der Waals surface area contributed by atoms with Crippen LogP contribution in [0.3, 0.4) is 0 Å². The van der Waals surface area contributed by atoms with Gasteiger partial charge in [0.2, 0.25) is 0 Å². The van der Waals surface area contributed by atoms with E-state index in [4.69, 9.17) is 4.98 Å². The Bertz CT molecular complexity index is 394. The third-order valence-corrected chi connectivity index (χ3v) is 3.55. The second kappa shape index (κ2) is 4.61. The highest BCUT2D eigenvalue weighted by molar-refractivity contribution is 5.38. The van der Waals surface area contributed by atoms with Gasteiger partial charge in [0.1, 0.15) is 11.6 Å². The third kappa shape index (κ3) is 2.57. The van der Waals surface area contributed by atoms with Gasteiger partial charge in [0, 0.05) is 31.3 Å². The number of anilines is 1. The lowest BCUT2D eigenvalue weighted by Gasteiger charge is -2.33. The Morgan fingerprint density at radius 1 is 1.24 bits per heavy atom. The van der Waals surface area contributed by atoms with Gasteiger partial charge >= 0.3 is 0 Å². The first-order valence-electron chi connectivity index (χ1n) is 6.25. The summed E-state index contributed by atoms with van der Waals surface area (Å²) in [6, 6.07) is 2.04. The first-order valence-corrected chi connectivity index (χ1v) is 6.25. The Morgan fingerprint density at radius 2 is 1.88 bits per heavy atom. The van der Waals surface area contributed by atoms with Crippen LogP contribution >= 0.6 is 0 Å². The molecule has 17 heavy (non-hydrogen) atoms. The summed E-state index contributed by atoms with van der Waals surface area (Å²) in [6.07, 6.45) is 2.23. The minimum absolute atomic E-state index is 0.127. The van der Waals surface area contributed by atoms with Crippen molar-refractivity contribution in [3.05, 3.63) is 17.6 Å². The zero-order valence-corrected chi connectivity index (χ0v) is 11.2. The standard InChI is InChI=1S/C13H22N4/c1-10-9-11(17(3)4)16-12(15-10)13(2)5-7-14-8-6-13/h9,14H,5-8H2,1-4H3. The summed E-state index contributed by atoms with van der Waals surface area (Å²) in [4.78, 5) is 11.4. The fourth-order valence-electron chi connectivity index (χ4n) is 2.25. The van der Waals surface area contributed by atoms with Gasteiger partial charge in [-0.2, -0.15) is 0 Å². The highest BCUT2D eigenvalue weighted by Gasteiger charge is 2.32. The molecule has 1 aromatic rings. The highest BCUT2D eigenvalue weighted by atomic mass is 15.2. The summed E-state index contributed by atoms with van der Waals surface area (Å²) in [6.45, 7) is 6.45. The molecule has 2 heterocycles. The zero-order valence-electron chi connectivity index (χ0n) is 11.2. The van der Waals surface area contributed by atoms with Crippen LogP contribution in [0.1, 0.15) is 31.3 Å². The number of hydrogen-bond donors (Lipinski definition) is 1. The summed E-state index contributed by atoms with van der Waals surface area (Å²) in [5.41, 5.74) is 1.18. The number of hydrogen-bond acceptors (Lipinski definition) is 4. The normalized spacial score (nSPS) is 19.1. The molecule has 0 saturated carbocycles. The van der Waals surface area contributed by atoms with Crippen LogP contribution in [0.15, 0.2) is 6.07 Å². The van der Waals surface area contributed by atoms with Crippen molar-refractivity contribution in [3.8, 4) is 0 Å². The topological polar surface area (TPSA) is 41.1 Å². The summed E-state index contributed by atoms with van der Waals surface area (Å²) >= 11 is 0. The Balaban J connectivity index is 2.37. The smallest absolute Gasteiger partial charge is 0.136 e. The van der Waals surface area contributed by atoms with Gasteiger partial charge in [-0.15, -0.1) is 0 Å². The SMILES string of the molecule is Cc1cc(N(C)C)nc(C2(C)CCNCC2)n1. The molecular weight excluding hydrogens is 212 g/mol. The zero-order chi connectivity index (χ0) is 12.5. The van der Waals surface area contributed by atoms with Crippen LogP contribution in [0.25, 0.3) is 0 Å². The molecule has 0 bridgehead atoms. The van der Waals surface area contributed by atoms with Gasteiger partial charge < -0.3 is 10.2 Å². The van der Waals surface area contributed by atoms with Gasteiger partial charge in [-0.25, -0.2) is 9.97 Å². The van der Waals surface area contributed by atoms with E-state index in [0.29, 0.717) is 0 Å². The van der Waals surface area contributed by atoms with Crippen molar-refractivity contribution < 1.29 is 0 Å². The maximum Gasteiger partial charge on any atom is 0.136 e. The summed E-state index contributed by atoms with van der Waals surface area (Å²) in [5.74, 6) is 2.01. The van der Waals surface area contributed by atoms with Gasteiger partial charge in [0.25, 0.3) is 0 Å². The van der Waals surface area contributed by atoms with Crippen molar-refractivity contribution in [2.24, 2.45) is 0 Å². The molecule has 1 N–H and O–H groups in total. The quantitative estimate of drug-likeness (QED) is 0.842. The van der Waals surface area contributed by atoms with E-state index in [2.05, 4.69) is 17.2 Å². The van der Waals surface area contributed by atoms with E-state index in [0.717, 1.165) is 43.3 Å². The second-order valence-corrected chi connectivity index (χ2v) is 5.40. The fraction of sp³-hybridized carbons (Fsp3) is 0.692. The molecule has 1 saturated heterocycles. The molecule has 4 heteroatoms. The molecule has 2 rings (SSSR count). The molecule has 0 radical (unpaired) electrons. The van der Waals surface area contributed by atoms with Gasteiger partial charge in [-0.3, -0.25) is 0 Å². The van der Waals surface area contributed by atoms with E-state index in [9.17, 15) is 0 Å². The number of nitrogens with zero attached hydrogens (tertiary/aromatic N) is 3. The van der Waals surface area contributed by atoms with Crippen molar-refractivity contribution in [2.75, 3.05) is 32.1 Å². The Kier molecular flexibility index (Phi) is 3.33. The number of aryl methyl sites for hydroxylation is 1. The molecule has 1 aliphatic rings. The monoisotopic (exact) mass is 234 g/mol. The number of rotatable bonds is 2. The van der Waals surface area contributed by atoms with E-state index < -0.39 is 0 Å². The molecule has 1 fully saturated rings. The van der Waals surface area contributed by atoms with Gasteiger partial charge in [0.15, 0.2) is 0 Å². The molecule has 1 aliphatic heterocycles. The average Bonchev–Trinajstić information content (AvgIpc) is 2.29. The third-order valence-electron chi connectivity index (χ3n) is 3.55. The minimum Gasteiger partial charge on any atom is -0.363 e. The van der Waals surface area contributed by atoms with Gasteiger partial charge in [-0.05, 0) is 32.9 Å². The molecule has 0 amide bonds. The van der Waals surface area contributed by atoms with Crippen LogP contribution in [0.4, 0.5) is 5.82 Å². The van der Waals surface area contributed by atoms with Crippen molar-refractivity contribution in [1.82, 2.24) is 15.3 Å². The summed E-state index contributed by atoms with van der Waals surface area (Å²) < 4.78 is 0. The fourth-order valence-corrected chi connectivity index (χ4v) is 2.25. The Labute approximate surface area is 103 Å². The number of piperidine rings is 1. The highest BCUT2D eigenvalue weighted by Crippen LogP contribution is 2.31. The van der Waals surface area contributed by atoms with Crippen LogP contribution in [-0.4, -0.2) is 37.2 Å². The van der Waals surface area contributed by atoms with E-state index in [1.54, 1.807) is 0 Å². The summed E-state index contributed by atoms with van der Waals surface area (Å²) in [5, 5.41) is 3.40. The van der Waals surface area contributed by atoms with Crippen LogP contribution in [-0.2, 0) is 5.41 Å². The molecule has 0 atom stereocenters. The lowest BCUT2D eigenvalue weighted by atomic mass is 9.80. The predicted octanol–water partition coefficient (Wildman–Crippen LogP) is 1.49. The minimum atomic E-state index is 0.127. The van der Waals surface area contributed by atoms with Crippen molar-refractivity contribution >= 4 is 5.82 Å². The Hall–Kier alpha value is -1.16. The van der Waals surface area contributed by atoms with Crippen LogP contribution < -0.4 is 10.2 Å². The van der Waals surface area contributed by atoms with Crippen molar-refractivity contribution in [3.63, 3.8) is 0 Å². The van der Waals surface area contributed by atoms with E-state index in [-0.39, 0.29) is 5.41 Å². The molecule has 0 aromatic carbocycles. The maximum absolute atomic E-state index is 4.72. The van der Waals surface area contributed by atoms with Crippen LogP contribution in [0, 0.1) is 6.92 Å². The number of nitrogens with one attached hydrogen (secondary N) is 1. The lowest BCUT2D eigenvalue weighted by Crippen LogP contribution is -2.39. The first-order chi connectivity index (χ1) is 8.01. The van der Waals surface area contributed by atoms with Crippen LogP contribution in [0.5, 0.6) is 0 Å². The Morgan fingerprint density at radius 3 is 2.47 bits per heavy atom. The summed E-state index contributed by atoms with van der Waals surface area (Å²) in [7, 11) is 4.05. The first kappa shape index (κ1) is 12.3. The molecule has 0 aliphatic carbocycles. The average molecular weight is 234 g/mol. The maximum atomic E-state index is 4.72. The van der Waals surface area contributed by atoms with Gasteiger partial charge in [-0.1, -0.05) is 6.92 Å². The lowest BCUT2D eigenvalue weighted by molar-refractivity contribution is 0.318. The van der Waals surface area contributed by atoms with Crippen molar-refractivity contribution in [2.45, 2.75) is 32.1 Å². The molecule has 0 spiro atoms. The largest absolute Gasteiger partial charge is 0.363 e. The molecule has 0 unspecified atom stereocenters. The van der Waals surface area contributed by atoms with E-state index >= 15 is 0 Å². The number of aromatic nitrogens is 2. The van der Waals surface area contributed by atoms with E-state index in [1.807, 2.05) is 32.0 Å². The predicted molar refractivity (Wildman–Crippen MR) is 70.6 cm³/mol. The van der Waals surface area contributed by atoms with Crippen LogP contribution in [0.2, 0.25) is 0 Å². The van der Waals surface area contributed by atoms with E-state index in [1.165, 1.54) is 0 Å². The van der Waals surface area contributed by atoms with Crippen molar-refractivity contribution in [1.29, 1.82) is 0 Å². The molecule has 94 valence electrons. The molecule has 1 aromatic heterocycles. The molecular formula is C13H22N4. The second-order valence-electron chi connectivity index (χ2n) is 5.40.